The van der Waals surface area contributed by atoms with Crippen LogP contribution in [-0.4, -0.2) is 29.9 Å². The van der Waals surface area contributed by atoms with E-state index in [1.807, 2.05) is 0 Å². The Bertz CT molecular complexity index is 464. The number of amides is 1. The van der Waals surface area contributed by atoms with Crippen molar-refractivity contribution in [3.8, 4) is 0 Å². The highest BCUT2D eigenvalue weighted by Crippen LogP contribution is 2.23. The highest BCUT2D eigenvalue weighted by atomic mass is 35.5. The number of nitrogens with one attached hydrogen (secondary N) is 1. The van der Waals surface area contributed by atoms with Gasteiger partial charge < -0.3 is 11.1 Å². The molecule has 1 amide bonds. The van der Waals surface area contributed by atoms with Crippen LogP contribution in [0.4, 0.5) is 11.4 Å². The monoisotopic (exact) mass is 281 g/mol. The fraction of sp³-hybridized carbons (Fsp3) is 0.500. The molecule has 1 fully saturated rings. The molecule has 0 spiro atoms. The summed E-state index contributed by atoms with van der Waals surface area (Å²) < 4.78 is 0. The minimum atomic E-state index is -0.0252. The number of piperidine rings is 1. The first-order valence-electron chi connectivity index (χ1n) is 6.65. The van der Waals surface area contributed by atoms with Crippen molar-refractivity contribution in [3.63, 3.8) is 0 Å². The van der Waals surface area contributed by atoms with Gasteiger partial charge in [-0.1, -0.05) is 18.0 Å². The molecule has 0 bridgehead atoms. The van der Waals surface area contributed by atoms with Crippen LogP contribution in [0.3, 0.4) is 0 Å². The second-order valence-electron chi connectivity index (χ2n) is 5.10. The maximum absolute atomic E-state index is 12.0. The fourth-order valence-electron chi connectivity index (χ4n) is 2.41. The van der Waals surface area contributed by atoms with Gasteiger partial charge in [0.25, 0.3) is 0 Å². The summed E-state index contributed by atoms with van der Waals surface area (Å²) in [6, 6.07) is 5.56. The lowest BCUT2D eigenvalue weighted by atomic mass is 10.0. The van der Waals surface area contributed by atoms with Gasteiger partial charge in [-0.25, -0.2) is 0 Å². The molecule has 3 N–H and O–H groups in total. The quantitative estimate of drug-likeness (QED) is 0.838. The number of nitrogens with two attached hydrogens (primary N) is 1. The third kappa shape index (κ3) is 3.85. The average Bonchev–Trinajstić information content (AvgIpc) is 2.36. The summed E-state index contributed by atoms with van der Waals surface area (Å²) in [5.74, 6) is -0.0252. The summed E-state index contributed by atoms with van der Waals surface area (Å²) in [4.78, 5) is 14.2. The second kappa shape index (κ2) is 6.26. The number of anilines is 2. The second-order valence-corrected chi connectivity index (χ2v) is 5.53. The Hall–Kier alpha value is -1.26. The largest absolute Gasteiger partial charge is 0.397 e. The molecule has 1 heterocycles. The van der Waals surface area contributed by atoms with Gasteiger partial charge in [-0.15, -0.1) is 0 Å². The molecule has 1 aromatic rings. The topological polar surface area (TPSA) is 58.4 Å². The van der Waals surface area contributed by atoms with Crippen molar-refractivity contribution in [1.29, 1.82) is 0 Å². The zero-order valence-corrected chi connectivity index (χ0v) is 11.9. The normalized spacial score (nSPS) is 20.2. The number of hydrogen-bond acceptors (Lipinski definition) is 3. The lowest BCUT2D eigenvalue weighted by molar-refractivity contribution is -0.118. The van der Waals surface area contributed by atoms with E-state index >= 15 is 0 Å². The summed E-state index contributed by atoms with van der Waals surface area (Å²) in [5, 5.41) is 3.41. The standard InChI is InChI=1S/C14H20ClN3O/c1-10-4-2-3-7-18(10)9-14(19)17-13-6-5-11(15)8-12(13)16/h5-6,8,10H,2-4,7,9,16H2,1H3,(H,17,19). The number of nitrogen functional groups attached to an aromatic ring is 1. The lowest BCUT2D eigenvalue weighted by Crippen LogP contribution is -2.42. The maximum atomic E-state index is 12.0. The van der Waals surface area contributed by atoms with Gasteiger partial charge in [-0.05, 0) is 44.5 Å². The third-order valence-corrected chi connectivity index (χ3v) is 3.81. The van der Waals surface area contributed by atoms with Crippen molar-refractivity contribution in [2.45, 2.75) is 32.2 Å². The van der Waals surface area contributed by atoms with Crippen LogP contribution in [0.2, 0.25) is 5.02 Å². The zero-order chi connectivity index (χ0) is 13.8. The Balaban J connectivity index is 1.93. The minimum Gasteiger partial charge on any atom is -0.397 e. The van der Waals surface area contributed by atoms with Crippen molar-refractivity contribution >= 4 is 28.9 Å². The molecule has 1 aromatic carbocycles. The average molecular weight is 282 g/mol. The highest BCUT2D eigenvalue weighted by molar-refractivity contribution is 6.31. The lowest BCUT2D eigenvalue weighted by Gasteiger charge is -2.32. The van der Waals surface area contributed by atoms with E-state index in [1.54, 1.807) is 18.2 Å². The Kier molecular flexibility index (Phi) is 4.66. The Morgan fingerprint density at radius 2 is 2.32 bits per heavy atom. The highest BCUT2D eigenvalue weighted by Gasteiger charge is 2.20. The molecule has 19 heavy (non-hydrogen) atoms. The molecule has 0 aliphatic carbocycles. The fourth-order valence-corrected chi connectivity index (χ4v) is 2.59. The summed E-state index contributed by atoms with van der Waals surface area (Å²) >= 11 is 5.83. The number of nitrogens with zero attached hydrogens (tertiary/aromatic N) is 1. The van der Waals surface area contributed by atoms with Crippen LogP contribution in [0.25, 0.3) is 0 Å². The van der Waals surface area contributed by atoms with Gasteiger partial charge in [0.1, 0.15) is 0 Å². The number of carbonyl (C=O) groups is 1. The molecule has 1 aliphatic heterocycles. The van der Waals surface area contributed by atoms with Crippen molar-refractivity contribution in [2.24, 2.45) is 0 Å². The van der Waals surface area contributed by atoms with Gasteiger partial charge in [0, 0.05) is 11.1 Å². The summed E-state index contributed by atoms with van der Waals surface area (Å²) in [6.45, 7) is 3.58. The molecule has 1 atom stereocenters. The number of hydrogen-bond donors (Lipinski definition) is 2. The Morgan fingerprint density at radius 1 is 1.53 bits per heavy atom. The van der Waals surface area contributed by atoms with Crippen molar-refractivity contribution in [2.75, 3.05) is 24.1 Å². The Labute approximate surface area is 118 Å². The number of carbonyl (C=O) groups excluding carboxylic acids is 1. The first kappa shape index (κ1) is 14.2. The summed E-state index contributed by atoms with van der Waals surface area (Å²) in [6.07, 6.45) is 3.58. The van der Waals surface area contributed by atoms with Crippen LogP contribution in [-0.2, 0) is 4.79 Å². The SMILES string of the molecule is CC1CCCCN1CC(=O)Nc1ccc(Cl)cc1N. The molecule has 5 heteroatoms. The maximum Gasteiger partial charge on any atom is 0.238 e. The predicted molar refractivity (Wildman–Crippen MR) is 79.4 cm³/mol. The Morgan fingerprint density at radius 3 is 3.00 bits per heavy atom. The van der Waals surface area contributed by atoms with E-state index < -0.39 is 0 Å². The first-order valence-corrected chi connectivity index (χ1v) is 7.03. The molecule has 2 rings (SSSR count). The van der Waals surface area contributed by atoms with E-state index in [0.717, 1.165) is 13.0 Å². The van der Waals surface area contributed by atoms with Gasteiger partial charge in [0.2, 0.25) is 5.91 Å². The minimum absolute atomic E-state index is 0.0252. The zero-order valence-electron chi connectivity index (χ0n) is 11.2. The van der Waals surface area contributed by atoms with Crippen molar-refractivity contribution in [3.05, 3.63) is 23.2 Å². The molecule has 104 valence electrons. The van der Waals surface area contributed by atoms with Gasteiger partial charge >= 0.3 is 0 Å². The van der Waals surface area contributed by atoms with Gasteiger partial charge in [0.05, 0.1) is 17.9 Å². The van der Waals surface area contributed by atoms with Crippen LogP contribution in [0.5, 0.6) is 0 Å². The van der Waals surface area contributed by atoms with Crippen LogP contribution >= 0.6 is 11.6 Å². The van der Waals surface area contributed by atoms with Crippen molar-refractivity contribution < 1.29 is 4.79 Å². The smallest absolute Gasteiger partial charge is 0.238 e. The number of rotatable bonds is 3. The first-order chi connectivity index (χ1) is 9.06. The van der Waals surface area contributed by atoms with E-state index in [1.165, 1.54) is 12.8 Å². The molecular formula is C14H20ClN3O. The number of likely N-dealkylation sites (tertiary alicyclic amines) is 1. The molecule has 0 saturated carbocycles. The third-order valence-electron chi connectivity index (χ3n) is 3.57. The van der Waals surface area contributed by atoms with E-state index in [-0.39, 0.29) is 5.91 Å². The molecular weight excluding hydrogens is 262 g/mol. The van der Waals surface area contributed by atoms with Crippen LogP contribution in [0.1, 0.15) is 26.2 Å². The molecule has 1 aliphatic rings. The number of halogens is 1. The van der Waals surface area contributed by atoms with Gasteiger partial charge in [-0.3, -0.25) is 9.69 Å². The van der Waals surface area contributed by atoms with E-state index in [0.29, 0.717) is 29.0 Å². The van der Waals surface area contributed by atoms with E-state index in [4.69, 9.17) is 17.3 Å². The van der Waals surface area contributed by atoms with E-state index in [2.05, 4.69) is 17.1 Å². The number of benzene rings is 1. The molecule has 0 radical (unpaired) electrons. The summed E-state index contributed by atoms with van der Waals surface area (Å²) in [5.41, 5.74) is 6.93. The summed E-state index contributed by atoms with van der Waals surface area (Å²) in [7, 11) is 0. The molecule has 1 unspecified atom stereocenters. The molecule has 0 aromatic heterocycles. The van der Waals surface area contributed by atoms with Crippen LogP contribution in [0, 0.1) is 0 Å². The molecule has 4 nitrogen and oxygen atoms in total. The van der Waals surface area contributed by atoms with Gasteiger partial charge in [-0.2, -0.15) is 0 Å². The van der Waals surface area contributed by atoms with Gasteiger partial charge in [0.15, 0.2) is 0 Å². The van der Waals surface area contributed by atoms with Crippen LogP contribution < -0.4 is 11.1 Å². The molecule has 1 saturated heterocycles. The predicted octanol–water partition coefficient (Wildman–Crippen LogP) is 2.74. The van der Waals surface area contributed by atoms with Crippen molar-refractivity contribution in [1.82, 2.24) is 4.90 Å². The van der Waals surface area contributed by atoms with E-state index in [9.17, 15) is 4.79 Å². The van der Waals surface area contributed by atoms with Crippen LogP contribution in [0.15, 0.2) is 18.2 Å².